The van der Waals surface area contributed by atoms with Crippen LogP contribution in [0.25, 0.3) is 0 Å². The number of aryl methyl sites for hydroxylation is 2. The molecule has 1 heterocycles. The summed E-state index contributed by atoms with van der Waals surface area (Å²) in [6.45, 7) is 2.57. The molecule has 23 heavy (non-hydrogen) atoms. The van der Waals surface area contributed by atoms with E-state index in [0.717, 1.165) is 16.0 Å². The summed E-state index contributed by atoms with van der Waals surface area (Å²) in [4.78, 5) is 1.04. The summed E-state index contributed by atoms with van der Waals surface area (Å²) in [5, 5.41) is 2.91. The summed E-state index contributed by atoms with van der Waals surface area (Å²) in [7, 11) is 0. The van der Waals surface area contributed by atoms with Crippen molar-refractivity contribution >= 4 is 23.0 Å². The van der Waals surface area contributed by atoms with Crippen molar-refractivity contribution in [1.82, 2.24) is 4.90 Å². The number of hydrogen-bond acceptors (Lipinski definition) is 2. The van der Waals surface area contributed by atoms with E-state index in [9.17, 15) is 13.2 Å². The Bertz CT molecular complexity index is 668. The maximum Gasteiger partial charge on any atom is 0.406 e. The van der Waals surface area contributed by atoms with Crippen molar-refractivity contribution in [2.45, 2.75) is 26.6 Å². The molecular weight excluding hydrogens is 325 g/mol. The van der Waals surface area contributed by atoms with Gasteiger partial charge in [-0.2, -0.15) is 13.2 Å². The minimum absolute atomic E-state index is 0.00687. The number of furan rings is 1. The van der Waals surface area contributed by atoms with Gasteiger partial charge in [-0.15, -0.1) is 0 Å². The van der Waals surface area contributed by atoms with E-state index in [1.165, 1.54) is 6.26 Å². The number of alkyl halides is 3. The second kappa shape index (κ2) is 7.04. The second-order valence-corrected chi connectivity index (χ2v) is 5.69. The Balaban J connectivity index is 2.16. The van der Waals surface area contributed by atoms with Crippen LogP contribution in [-0.2, 0) is 6.54 Å². The zero-order chi connectivity index (χ0) is 17.0. The molecule has 2 aromatic rings. The van der Waals surface area contributed by atoms with Gasteiger partial charge in [0.05, 0.1) is 12.8 Å². The number of benzene rings is 1. The molecule has 0 radical (unpaired) electrons. The molecule has 124 valence electrons. The highest BCUT2D eigenvalue weighted by atomic mass is 32.1. The Morgan fingerprint density at radius 3 is 2.61 bits per heavy atom. The molecule has 0 bridgehead atoms. The van der Waals surface area contributed by atoms with Crippen LogP contribution in [0.4, 0.5) is 18.9 Å². The van der Waals surface area contributed by atoms with Crippen molar-refractivity contribution in [3.05, 3.63) is 53.5 Å². The summed E-state index contributed by atoms with van der Waals surface area (Å²) in [5.41, 5.74) is 2.60. The van der Waals surface area contributed by atoms with Crippen molar-refractivity contribution in [2.75, 3.05) is 11.9 Å². The van der Waals surface area contributed by atoms with Gasteiger partial charge in [-0.25, -0.2) is 0 Å². The van der Waals surface area contributed by atoms with E-state index in [0.29, 0.717) is 11.4 Å². The Morgan fingerprint density at radius 2 is 2.00 bits per heavy atom. The standard InChI is InChI=1S/C16H17F3N2OS/c1-11-5-6-12(2)14(8-11)20-15(23)21(10-16(17,18)19)9-13-4-3-7-22-13/h3-8H,9-10H2,1-2H3,(H,20,23). The van der Waals surface area contributed by atoms with Crippen LogP contribution >= 0.6 is 12.2 Å². The van der Waals surface area contributed by atoms with Crippen molar-refractivity contribution < 1.29 is 17.6 Å². The number of rotatable bonds is 4. The lowest BCUT2D eigenvalue weighted by molar-refractivity contribution is -0.138. The van der Waals surface area contributed by atoms with Crippen molar-refractivity contribution in [3.63, 3.8) is 0 Å². The van der Waals surface area contributed by atoms with Crippen LogP contribution in [-0.4, -0.2) is 22.7 Å². The molecule has 0 saturated heterocycles. The number of thiocarbonyl (C=S) groups is 1. The predicted octanol–water partition coefficient (Wildman–Crippen LogP) is 4.66. The van der Waals surface area contributed by atoms with Gasteiger partial charge in [0.25, 0.3) is 0 Å². The summed E-state index contributed by atoms with van der Waals surface area (Å²) in [5.74, 6) is 0.416. The molecule has 7 heteroatoms. The molecule has 0 amide bonds. The van der Waals surface area contributed by atoms with Gasteiger partial charge in [-0.3, -0.25) is 0 Å². The molecule has 0 saturated carbocycles. The minimum Gasteiger partial charge on any atom is -0.467 e. The van der Waals surface area contributed by atoms with E-state index in [1.807, 2.05) is 32.0 Å². The molecule has 2 rings (SSSR count). The summed E-state index contributed by atoms with van der Waals surface area (Å²) in [6.07, 6.45) is -2.94. The molecule has 0 aliphatic rings. The Kier molecular flexibility index (Phi) is 5.30. The fraction of sp³-hybridized carbons (Fsp3) is 0.312. The van der Waals surface area contributed by atoms with Gasteiger partial charge in [0, 0.05) is 5.69 Å². The zero-order valence-electron chi connectivity index (χ0n) is 12.8. The van der Waals surface area contributed by atoms with E-state index < -0.39 is 12.7 Å². The number of nitrogens with one attached hydrogen (secondary N) is 1. The van der Waals surface area contributed by atoms with E-state index in [-0.39, 0.29) is 11.7 Å². The summed E-state index contributed by atoms with van der Waals surface area (Å²) in [6, 6.07) is 8.91. The van der Waals surface area contributed by atoms with Gasteiger partial charge in [0.1, 0.15) is 12.3 Å². The van der Waals surface area contributed by atoms with Crippen LogP contribution < -0.4 is 5.32 Å². The fourth-order valence-electron chi connectivity index (χ4n) is 2.07. The van der Waals surface area contributed by atoms with Crippen LogP contribution in [0, 0.1) is 13.8 Å². The highest BCUT2D eigenvalue weighted by Crippen LogP contribution is 2.21. The van der Waals surface area contributed by atoms with Gasteiger partial charge < -0.3 is 14.6 Å². The van der Waals surface area contributed by atoms with Crippen molar-refractivity contribution in [1.29, 1.82) is 0 Å². The van der Waals surface area contributed by atoms with Gasteiger partial charge >= 0.3 is 6.18 Å². The van der Waals surface area contributed by atoms with E-state index >= 15 is 0 Å². The summed E-state index contributed by atoms with van der Waals surface area (Å²) < 4.78 is 43.6. The third-order valence-electron chi connectivity index (χ3n) is 3.22. The quantitative estimate of drug-likeness (QED) is 0.818. The molecule has 0 spiro atoms. The Morgan fingerprint density at radius 1 is 1.26 bits per heavy atom. The molecule has 0 aliphatic heterocycles. The first-order valence-corrected chi connectivity index (χ1v) is 7.38. The molecule has 1 aromatic heterocycles. The van der Waals surface area contributed by atoms with E-state index in [1.54, 1.807) is 12.1 Å². The van der Waals surface area contributed by atoms with E-state index in [2.05, 4.69) is 5.32 Å². The fourth-order valence-corrected chi connectivity index (χ4v) is 2.31. The smallest absolute Gasteiger partial charge is 0.406 e. The molecule has 0 fully saturated rings. The highest BCUT2D eigenvalue weighted by molar-refractivity contribution is 7.80. The van der Waals surface area contributed by atoms with Crippen LogP contribution in [0.3, 0.4) is 0 Å². The first-order chi connectivity index (χ1) is 10.7. The number of halogens is 3. The third kappa shape index (κ3) is 5.28. The highest BCUT2D eigenvalue weighted by Gasteiger charge is 2.32. The molecule has 0 unspecified atom stereocenters. The lowest BCUT2D eigenvalue weighted by Gasteiger charge is -2.26. The topological polar surface area (TPSA) is 28.4 Å². The van der Waals surface area contributed by atoms with Crippen LogP contribution in [0.15, 0.2) is 41.0 Å². The molecule has 1 aromatic carbocycles. The number of nitrogens with zero attached hydrogens (tertiary/aromatic N) is 1. The van der Waals surface area contributed by atoms with Crippen LogP contribution in [0.2, 0.25) is 0 Å². The normalized spacial score (nSPS) is 11.3. The Hall–Kier alpha value is -2.02. The monoisotopic (exact) mass is 342 g/mol. The lowest BCUT2D eigenvalue weighted by atomic mass is 10.1. The lowest BCUT2D eigenvalue weighted by Crippen LogP contribution is -2.40. The maximum atomic E-state index is 12.8. The predicted molar refractivity (Wildman–Crippen MR) is 87.3 cm³/mol. The zero-order valence-corrected chi connectivity index (χ0v) is 13.6. The number of hydrogen-bond donors (Lipinski definition) is 1. The second-order valence-electron chi connectivity index (χ2n) is 5.30. The Labute approximate surface area is 138 Å². The molecular formula is C16H17F3N2OS. The van der Waals surface area contributed by atoms with Crippen molar-refractivity contribution in [3.8, 4) is 0 Å². The first-order valence-electron chi connectivity index (χ1n) is 6.97. The average Bonchev–Trinajstić information content (AvgIpc) is 2.93. The molecule has 1 N–H and O–H groups in total. The average molecular weight is 342 g/mol. The molecule has 0 atom stereocenters. The number of anilines is 1. The van der Waals surface area contributed by atoms with Crippen LogP contribution in [0.5, 0.6) is 0 Å². The third-order valence-corrected chi connectivity index (χ3v) is 3.58. The summed E-state index contributed by atoms with van der Waals surface area (Å²) >= 11 is 5.17. The largest absolute Gasteiger partial charge is 0.467 e. The molecule has 0 aliphatic carbocycles. The molecule has 3 nitrogen and oxygen atoms in total. The SMILES string of the molecule is Cc1ccc(C)c(NC(=S)N(Cc2ccco2)CC(F)(F)F)c1. The van der Waals surface area contributed by atoms with E-state index in [4.69, 9.17) is 16.6 Å². The van der Waals surface area contributed by atoms with Gasteiger partial charge in [-0.05, 0) is 55.4 Å². The van der Waals surface area contributed by atoms with Crippen molar-refractivity contribution in [2.24, 2.45) is 0 Å². The van der Waals surface area contributed by atoms with Gasteiger partial charge in [0.2, 0.25) is 0 Å². The maximum absolute atomic E-state index is 12.8. The van der Waals surface area contributed by atoms with Gasteiger partial charge in [-0.1, -0.05) is 12.1 Å². The van der Waals surface area contributed by atoms with Crippen LogP contribution in [0.1, 0.15) is 16.9 Å². The van der Waals surface area contributed by atoms with Gasteiger partial charge in [0.15, 0.2) is 5.11 Å². The first kappa shape index (κ1) is 17.3. The minimum atomic E-state index is -4.36.